The summed E-state index contributed by atoms with van der Waals surface area (Å²) in [6, 6.07) is 12.6. The minimum Gasteiger partial charge on any atom is -0.485 e. The molecule has 2 aromatic carbocycles. The van der Waals surface area contributed by atoms with Gasteiger partial charge in [0, 0.05) is 30.3 Å². The van der Waals surface area contributed by atoms with Gasteiger partial charge in [0.1, 0.15) is 30.1 Å². The predicted molar refractivity (Wildman–Crippen MR) is 163 cm³/mol. The Kier molecular flexibility index (Phi) is 9.83. The van der Waals surface area contributed by atoms with Crippen molar-refractivity contribution in [2.45, 2.75) is 50.5 Å². The van der Waals surface area contributed by atoms with E-state index in [1.807, 2.05) is 23.1 Å². The van der Waals surface area contributed by atoms with Crippen molar-refractivity contribution in [2.24, 2.45) is 5.92 Å². The van der Waals surface area contributed by atoms with Crippen molar-refractivity contribution in [3.05, 3.63) is 71.3 Å². The Labute approximate surface area is 269 Å². The molecule has 47 heavy (non-hydrogen) atoms. The number of benzene rings is 2. The largest absolute Gasteiger partial charge is 0.485 e. The van der Waals surface area contributed by atoms with Crippen LogP contribution in [0.1, 0.15) is 42.7 Å². The molecular weight excluding hydrogens is 625 g/mol. The maximum Gasteiger partial charge on any atom is 0.401 e. The number of alkyl halides is 3. The van der Waals surface area contributed by atoms with Crippen molar-refractivity contribution in [2.75, 3.05) is 50.8 Å². The molecule has 0 aliphatic carbocycles. The number of carbonyl (C=O) groups is 1. The van der Waals surface area contributed by atoms with Gasteiger partial charge in [-0.2, -0.15) is 13.2 Å². The van der Waals surface area contributed by atoms with Gasteiger partial charge in [-0.3, -0.25) is 9.69 Å². The van der Waals surface area contributed by atoms with Crippen molar-refractivity contribution in [1.82, 2.24) is 9.88 Å². The highest BCUT2D eigenvalue weighted by Crippen LogP contribution is 2.37. The first-order valence-electron chi connectivity index (χ1n) is 15.8. The highest BCUT2D eigenvalue weighted by atomic mass is 19.4. The van der Waals surface area contributed by atoms with Crippen LogP contribution in [0.3, 0.4) is 0 Å². The molecule has 0 amide bonds. The van der Waals surface area contributed by atoms with E-state index in [4.69, 9.17) is 14.2 Å². The lowest BCUT2D eigenvalue weighted by Gasteiger charge is -2.33. The Balaban J connectivity index is 1.20. The zero-order valence-electron chi connectivity index (χ0n) is 25.6. The van der Waals surface area contributed by atoms with Crippen LogP contribution in [0.2, 0.25) is 0 Å². The Morgan fingerprint density at radius 1 is 0.979 bits per heavy atom. The van der Waals surface area contributed by atoms with E-state index >= 15 is 4.39 Å². The van der Waals surface area contributed by atoms with Gasteiger partial charge in [0.15, 0.2) is 11.6 Å². The second-order valence-corrected chi connectivity index (χ2v) is 12.3. The van der Waals surface area contributed by atoms with Crippen LogP contribution in [-0.2, 0) is 16.1 Å². The van der Waals surface area contributed by atoms with Crippen LogP contribution in [0.15, 0.2) is 48.5 Å². The standard InChI is InChI=1S/C34H36F5N3O5/c35-25-15-27(29-2-1-3-31(40-29)42-12-8-22(9-13-42)33(43)44)32(28(36)16-25)46-17-24-5-4-23(14-30(24)47-26-18-45-19-26)21-6-10-41(11-7-21)20-34(37,38)39/h1-5,14-16,21-22,26H,6-13,17-20H2,(H,43,44). The predicted octanol–water partition coefficient (Wildman–Crippen LogP) is 6.43. The van der Waals surface area contributed by atoms with Crippen molar-refractivity contribution in [1.29, 1.82) is 0 Å². The van der Waals surface area contributed by atoms with Crippen LogP contribution in [0.4, 0.5) is 27.8 Å². The topological polar surface area (TPSA) is 84.4 Å². The second-order valence-electron chi connectivity index (χ2n) is 12.3. The molecule has 0 spiro atoms. The quantitative estimate of drug-likeness (QED) is 0.249. The first kappa shape index (κ1) is 33.0. The van der Waals surface area contributed by atoms with E-state index in [2.05, 4.69) is 4.98 Å². The summed E-state index contributed by atoms with van der Waals surface area (Å²) in [5.74, 6) is -1.96. The number of pyridine rings is 1. The number of nitrogens with zero attached hydrogens (tertiary/aromatic N) is 3. The monoisotopic (exact) mass is 661 g/mol. The molecule has 8 nitrogen and oxygen atoms in total. The molecule has 252 valence electrons. The lowest BCUT2D eigenvalue weighted by atomic mass is 9.88. The van der Waals surface area contributed by atoms with Crippen molar-refractivity contribution in [3.63, 3.8) is 0 Å². The number of carboxylic acids is 1. The number of anilines is 1. The number of hydrogen-bond acceptors (Lipinski definition) is 7. The summed E-state index contributed by atoms with van der Waals surface area (Å²) in [6.45, 7) is 1.45. The molecule has 3 aliphatic rings. The van der Waals surface area contributed by atoms with E-state index in [0.29, 0.717) is 87.9 Å². The lowest BCUT2D eigenvalue weighted by molar-refractivity contribution is -0.148. The Morgan fingerprint density at radius 2 is 1.72 bits per heavy atom. The van der Waals surface area contributed by atoms with Gasteiger partial charge in [0.25, 0.3) is 0 Å². The summed E-state index contributed by atoms with van der Waals surface area (Å²) in [5.41, 5.74) is 1.99. The number of halogens is 5. The number of likely N-dealkylation sites (tertiary alicyclic amines) is 1. The molecule has 4 heterocycles. The summed E-state index contributed by atoms with van der Waals surface area (Å²) < 4.78 is 85.9. The Hall–Kier alpha value is -3.97. The summed E-state index contributed by atoms with van der Waals surface area (Å²) >= 11 is 0. The second kappa shape index (κ2) is 14.0. The molecule has 3 aromatic rings. The molecule has 6 rings (SSSR count). The van der Waals surface area contributed by atoms with E-state index in [1.165, 1.54) is 11.0 Å². The van der Waals surface area contributed by atoms with Gasteiger partial charge in [0.2, 0.25) is 0 Å². The van der Waals surface area contributed by atoms with Gasteiger partial charge in [-0.05, 0) is 74.5 Å². The van der Waals surface area contributed by atoms with Crippen LogP contribution in [0.5, 0.6) is 11.5 Å². The fraction of sp³-hybridized carbons (Fsp3) is 0.471. The van der Waals surface area contributed by atoms with Crippen LogP contribution in [-0.4, -0.2) is 79.2 Å². The molecule has 0 unspecified atom stereocenters. The van der Waals surface area contributed by atoms with Gasteiger partial charge >= 0.3 is 12.1 Å². The molecule has 1 N–H and O–H groups in total. The van der Waals surface area contributed by atoms with E-state index in [0.717, 1.165) is 11.6 Å². The molecule has 0 radical (unpaired) electrons. The zero-order valence-corrected chi connectivity index (χ0v) is 25.6. The molecule has 3 aliphatic heterocycles. The maximum atomic E-state index is 15.3. The van der Waals surface area contributed by atoms with E-state index in [9.17, 15) is 27.5 Å². The average Bonchev–Trinajstić information content (AvgIpc) is 3.02. The maximum absolute atomic E-state index is 15.3. The summed E-state index contributed by atoms with van der Waals surface area (Å²) in [7, 11) is 0. The van der Waals surface area contributed by atoms with Crippen molar-refractivity contribution < 1.29 is 46.1 Å². The summed E-state index contributed by atoms with van der Waals surface area (Å²) in [6.07, 6.45) is -2.32. The number of aliphatic carboxylic acids is 1. The fourth-order valence-corrected chi connectivity index (χ4v) is 6.35. The summed E-state index contributed by atoms with van der Waals surface area (Å²) in [5, 5.41) is 9.33. The van der Waals surface area contributed by atoms with Gasteiger partial charge in [0.05, 0.1) is 31.4 Å². The number of piperidine rings is 2. The average molecular weight is 662 g/mol. The first-order chi connectivity index (χ1) is 22.5. The van der Waals surface area contributed by atoms with Gasteiger partial charge < -0.3 is 24.2 Å². The number of ether oxygens (including phenoxy) is 3. The third-order valence-corrected chi connectivity index (χ3v) is 9.01. The Bertz CT molecular complexity index is 1570. The number of aromatic nitrogens is 1. The fourth-order valence-electron chi connectivity index (χ4n) is 6.35. The highest BCUT2D eigenvalue weighted by molar-refractivity contribution is 5.71. The SMILES string of the molecule is O=C(O)C1CCN(c2cccc(-c3cc(F)cc(F)c3OCc3ccc(C4CCN(CC(F)(F)F)CC4)cc3OC3COC3)n2)CC1. The van der Waals surface area contributed by atoms with E-state index < -0.39 is 36.2 Å². The van der Waals surface area contributed by atoms with Gasteiger partial charge in [-0.25, -0.2) is 13.8 Å². The molecular formula is C34H36F5N3O5. The molecule has 0 saturated carbocycles. The van der Waals surface area contributed by atoms with Crippen molar-refractivity contribution in [3.8, 4) is 22.8 Å². The smallest absolute Gasteiger partial charge is 0.401 e. The van der Waals surface area contributed by atoms with Gasteiger partial charge in [-0.1, -0.05) is 18.2 Å². The van der Waals surface area contributed by atoms with Gasteiger partial charge in [-0.15, -0.1) is 0 Å². The zero-order chi connectivity index (χ0) is 33.1. The minimum atomic E-state index is -4.23. The molecule has 0 atom stereocenters. The molecule has 0 bridgehead atoms. The number of hydrogen-bond donors (Lipinski definition) is 1. The van der Waals surface area contributed by atoms with Crippen LogP contribution in [0, 0.1) is 17.6 Å². The van der Waals surface area contributed by atoms with E-state index in [-0.39, 0.29) is 29.9 Å². The van der Waals surface area contributed by atoms with Crippen LogP contribution < -0.4 is 14.4 Å². The normalized spacial score (nSPS) is 18.6. The third kappa shape index (κ3) is 8.13. The molecule has 3 saturated heterocycles. The van der Waals surface area contributed by atoms with Crippen molar-refractivity contribution >= 4 is 11.8 Å². The minimum absolute atomic E-state index is 0.0591. The van der Waals surface area contributed by atoms with Crippen LogP contribution >= 0.6 is 0 Å². The summed E-state index contributed by atoms with van der Waals surface area (Å²) in [4.78, 5) is 19.4. The molecule has 1 aromatic heterocycles. The van der Waals surface area contributed by atoms with Crippen LogP contribution in [0.25, 0.3) is 11.3 Å². The Morgan fingerprint density at radius 3 is 2.38 bits per heavy atom. The molecule has 13 heteroatoms. The lowest BCUT2D eigenvalue weighted by Crippen LogP contribution is -2.39. The number of rotatable bonds is 10. The first-order valence-corrected chi connectivity index (χ1v) is 15.8. The highest BCUT2D eigenvalue weighted by Gasteiger charge is 2.33. The third-order valence-electron chi connectivity index (χ3n) is 9.01. The molecule has 3 fully saturated rings. The van der Waals surface area contributed by atoms with E-state index in [1.54, 1.807) is 18.2 Å². The number of carboxylic acid groups (broad SMARTS) is 1.